The molecule has 3 heteroatoms. The van der Waals surface area contributed by atoms with E-state index in [0.717, 1.165) is 6.08 Å². The zero-order chi connectivity index (χ0) is 10.1. The Morgan fingerprint density at radius 1 is 1.62 bits per heavy atom. The Kier molecular flexibility index (Phi) is 7.30. The lowest BCUT2D eigenvalue weighted by atomic mass is 10.4. The Hall–Kier alpha value is -0.830. The molecule has 1 unspecified atom stereocenters. The van der Waals surface area contributed by atoms with Crippen LogP contribution in [0, 0.1) is 0 Å². The minimum absolute atomic E-state index is 0.147. The first-order valence-corrected chi connectivity index (χ1v) is 4.65. The third kappa shape index (κ3) is 9.08. The summed E-state index contributed by atoms with van der Waals surface area (Å²) in [5.74, 6) is -0.384. The molecule has 1 saturated heterocycles. The number of epoxide rings is 1. The van der Waals surface area contributed by atoms with Crippen LogP contribution in [0.1, 0.15) is 26.7 Å². The van der Waals surface area contributed by atoms with Gasteiger partial charge in [-0.3, -0.25) is 0 Å². The van der Waals surface area contributed by atoms with Crippen molar-refractivity contribution < 1.29 is 14.3 Å². The summed E-state index contributed by atoms with van der Waals surface area (Å²) in [6.45, 7) is 8.68. The Morgan fingerprint density at radius 3 is 2.46 bits per heavy atom. The van der Waals surface area contributed by atoms with Gasteiger partial charge in [0.15, 0.2) is 0 Å². The predicted molar refractivity (Wildman–Crippen MR) is 51.5 cm³/mol. The first kappa shape index (κ1) is 12.2. The molecular formula is C10H18O3. The molecule has 3 nitrogen and oxygen atoms in total. The van der Waals surface area contributed by atoms with Crippen LogP contribution in [0.4, 0.5) is 0 Å². The van der Waals surface area contributed by atoms with Gasteiger partial charge in [-0.2, -0.15) is 0 Å². The first-order chi connectivity index (χ1) is 6.24. The smallest absolute Gasteiger partial charge is 0.330 e. The zero-order valence-electron chi connectivity index (χ0n) is 8.41. The van der Waals surface area contributed by atoms with Crippen LogP contribution in [-0.2, 0) is 14.3 Å². The zero-order valence-corrected chi connectivity index (χ0v) is 8.41. The van der Waals surface area contributed by atoms with Crippen molar-refractivity contribution in [2.24, 2.45) is 0 Å². The van der Waals surface area contributed by atoms with Crippen molar-refractivity contribution in [2.75, 3.05) is 13.2 Å². The lowest BCUT2D eigenvalue weighted by molar-refractivity contribution is -0.138. The standard InChI is InChI=1S/C6H8O3.C4H10/c1-2-6(7)9-4-5-3-8-5;1-3-4-2/h2,5H,1,3-4H2;3-4H2,1-2H3. The highest BCUT2D eigenvalue weighted by atomic mass is 16.6. The topological polar surface area (TPSA) is 38.8 Å². The summed E-state index contributed by atoms with van der Waals surface area (Å²) in [5, 5.41) is 0. The number of hydrogen-bond donors (Lipinski definition) is 0. The van der Waals surface area contributed by atoms with E-state index < -0.39 is 0 Å². The van der Waals surface area contributed by atoms with Gasteiger partial charge < -0.3 is 9.47 Å². The SMILES string of the molecule is C=CC(=O)OCC1CO1.CCCC. The van der Waals surface area contributed by atoms with Gasteiger partial charge >= 0.3 is 5.97 Å². The number of hydrogen-bond acceptors (Lipinski definition) is 3. The Balaban J connectivity index is 0.000000310. The van der Waals surface area contributed by atoms with E-state index in [4.69, 9.17) is 4.74 Å². The highest BCUT2D eigenvalue weighted by Crippen LogP contribution is 2.08. The van der Waals surface area contributed by atoms with E-state index in [2.05, 4.69) is 25.2 Å². The molecule has 0 saturated carbocycles. The van der Waals surface area contributed by atoms with Crippen molar-refractivity contribution in [3.63, 3.8) is 0 Å². The molecule has 0 aromatic carbocycles. The average molecular weight is 186 g/mol. The van der Waals surface area contributed by atoms with Crippen LogP contribution in [0.3, 0.4) is 0 Å². The molecule has 1 rings (SSSR count). The quantitative estimate of drug-likeness (QED) is 0.382. The molecular weight excluding hydrogens is 168 g/mol. The third-order valence-corrected chi connectivity index (χ3v) is 1.48. The van der Waals surface area contributed by atoms with E-state index in [-0.39, 0.29) is 12.1 Å². The van der Waals surface area contributed by atoms with E-state index in [1.807, 2.05) is 0 Å². The van der Waals surface area contributed by atoms with Crippen LogP contribution in [0.15, 0.2) is 12.7 Å². The van der Waals surface area contributed by atoms with Gasteiger partial charge in [-0.15, -0.1) is 0 Å². The summed E-state index contributed by atoms with van der Waals surface area (Å²) in [7, 11) is 0. The van der Waals surface area contributed by atoms with Crippen LogP contribution in [0.5, 0.6) is 0 Å². The van der Waals surface area contributed by atoms with Crippen LogP contribution >= 0.6 is 0 Å². The third-order valence-electron chi connectivity index (χ3n) is 1.48. The van der Waals surface area contributed by atoms with Crippen molar-refractivity contribution >= 4 is 5.97 Å². The number of esters is 1. The lowest BCUT2D eigenvalue weighted by Gasteiger charge is -1.94. The Labute approximate surface area is 79.7 Å². The number of unbranched alkanes of at least 4 members (excludes halogenated alkanes) is 1. The monoisotopic (exact) mass is 186 g/mol. The number of carbonyl (C=O) groups excluding carboxylic acids is 1. The normalized spacial score (nSPS) is 18.2. The number of carbonyl (C=O) groups is 1. The van der Waals surface area contributed by atoms with Gasteiger partial charge in [0.2, 0.25) is 0 Å². The molecule has 1 aliphatic rings. The Bertz CT molecular complexity index is 148. The van der Waals surface area contributed by atoms with Crippen molar-refractivity contribution in [3.8, 4) is 0 Å². The second-order valence-corrected chi connectivity index (χ2v) is 2.79. The van der Waals surface area contributed by atoms with Gasteiger partial charge in [-0.05, 0) is 0 Å². The van der Waals surface area contributed by atoms with E-state index in [0.29, 0.717) is 13.2 Å². The maximum Gasteiger partial charge on any atom is 0.330 e. The average Bonchev–Trinajstić information content (AvgIpc) is 2.98. The molecule has 0 bridgehead atoms. The molecule has 0 spiro atoms. The summed E-state index contributed by atoms with van der Waals surface area (Å²) in [4.78, 5) is 10.3. The van der Waals surface area contributed by atoms with Gasteiger partial charge in [0.05, 0.1) is 6.61 Å². The van der Waals surface area contributed by atoms with Crippen LogP contribution in [0.2, 0.25) is 0 Å². The molecule has 0 aromatic rings. The maximum atomic E-state index is 10.3. The molecule has 1 atom stereocenters. The van der Waals surface area contributed by atoms with Gasteiger partial charge in [-0.25, -0.2) is 4.79 Å². The number of rotatable bonds is 4. The van der Waals surface area contributed by atoms with Crippen molar-refractivity contribution in [1.82, 2.24) is 0 Å². The highest BCUT2D eigenvalue weighted by molar-refractivity contribution is 5.81. The lowest BCUT2D eigenvalue weighted by Crippen LogP contribution is -2.06. The van der Waals surface area contributed by atoms with Crippen LogP contribution in [-0.4, -0.2) is 25.3 Å². The molecule has 0 amide bonds. The molecule has 0 aromatic heterocycles. The summed E-state index contributed by atoms with van der Waals surface area (Å²) in [6.07, 6.45) is 3.93. The highest BCUT2D eigenvalue weighted by Gasteiger charge is 2.23. The minimum atomic E-state index is -0.384. The molecule has 1 heterocycles. The van der Waals surface area contributed by atoms with Gasteiger partial charge in [0.1, 0.15) is 12.7 Å². The van der Waals surface area contributed by atoms with Crippen LogP contribution < -0.4 is 0 Å². The van der Waals surface area contributed by atoms with Crippen molar-refractivity contribution in [1.29, 1.82) is 0 Å². The van der Waals surface area contributed by atoms with Gasteiger partial charge in [0, 0.05) is 6.08 Å². The molecule has 76 valence electrons. The molecule has 13 heavy (non-hydrogen) atoms. The van der Waals surface area contributed by atoms with Gasteiger partial charge in [0.25, 0.3) is 0 Å². The Morgan fingerprint density at radius 2 is 2.15 bits per heavy atom. The van der Waals surface area contributed by atoms with E-state index in [1.165, 1.54) is 12.8 Å². The second-order valence-electron chi connectivity index (χ2n) is 2.79. The largest absolute Gasteiger partial charge is 0.460 e. The fourth-order valence-electron chi connectivity index (χ4n) is 0.398. The minimum Gasteiger partial charge on any atom is -0.460 e. The van der Waals surface area contributed by atoms with Gasteiger partial charge in [-0.1, -0.05) is 33.3 Å². The summed E-state index contributed by atoms with van der Waals surface area (Å²) in [5.41, 5.74) is 0. The summed E-state index contributed by atoms with van der Waals surface area (Å²) in [6, 6.07) is 0. The van der Waals surface area contributed by atoms with Crippen molar-refractivity contribution in [2.45, 2.75) is 32.8 Å². The molecule has 0 radical (unpaired) electrons. The van der Waals surface area contributed by atoms with Crippen molar-refractivity contribution in [3.05, 3.63) is 12.7 Å². The molecule has 0 aliphatic carbocycles. The second kappa shape index (κ2) is 7.80. The first-order valence-electron chi connectivity index (χ1n) is 4.65. The van der Waals surface area contributed by atoms with E-state index in [9.17, 15) is 4.79 Å². The fourth-order valence-corrected chi connectivity index (χ4v) is 0.398. The fraction of sp³-hybridized carbons (Fsp3) is 0.700. The summed E-state index contributed by atoms with van der Waals surface area (Å²) >= 11 is 0. The van der Waals surface area contributed by atoms with E-state index >= 15 is 0 Å². The van der Waals surface area contributed by atoms with E-state index in [1.54, 1.807) is 0 Å². The summed E-state index contributed by atoms with van der Waals surface area (Å²) < 4.78 is 9.42. The molecule has 1 fully saturated rings. The molecule has 0 N–H and O–H groups in total. The molecule has 1 aliphatic heterocycles. The maximum absolute atomic E-state index is 10.3. The van der Waals surface area contributed by atoms with Crippen LogP contribution in [0.25, 0.3) is 0 Å². The number of ether oxygens (including phenoxy) is 2. The predicted octanol–water partition coefficient (Wildman–Crippen LogP) is 1.92.